The lowest BCUT2D eigenvalue weighted by Crippen LogP contribution is -2.06. The fraction of sp³-hybridized carbons (Fsp3) is 0.500. The molecule has 0 radical (unpaired) electrons. The number of hydrogen-bond donors (Lipinski definition) is 1. The first kappa shape index (κ1) is 8.75. The molecule has 1 N–H and O–H groups in total. The Morgan fingerprint density at radius 3 is 2.92 bits per heavy atom. The zero-order valence-corrected chi connectivity index (χ0v) is 6.49. The van der Waals surface area contributed by atoms with Gasteiger partial charge in [-0.2, -0.15) is 5.26 Å². The first-order valence-corrected chi connectivity index (χ1v) is 3.71. The van der Waals surface area contributed by atoms with Gasteiger partial charge in [0.1, 0.15) is 11.6 Å². The van der Waals surface area contributed by atoms with E-state index in [-0.39, 0.29) is 11.7 Å². The van der Waals surface area contributed by atoms with Crippen molar-refractivity contribution in [1.29, 1.82) is 5.26 Å². The summed E-state index contributed by atoms with van der Waals surface area (Å²) in [5, 5.41) is 16.9. The van der Waals surface area contributed by atoms with Crippen LogP contribution >= 0.6 is 0 Å². The van der Waals surface area contributed by atoms with Gasteiger partial charge >= 0.3 is 5.97 Å². The third-order valence-corrected chi connectivity index (χ3v) is 1.67. The quantitative estimate of drug-likeness (QED) is 0.485. The highest BCUT2D eigenvalue weighted by Crippen LogP contribution is 2.14. The van der Waals surface area contributed by atoms with Gasteiger partial charge in [-0.1, -0.05) is 0 Å². The standard InChI is InChI=1S/C8H9NO3/c9-5-6(8(10)11)4-7-2-1-3-12-7/h4,7H,1-3H2,(H,10,11)/b6-4-. The number of aliphatic carboxylic acids is 1. The maximum atomic E-state index is 10.4. The molecule has 0 aromatic heterocycles. The summed E-state index contributed by atoms with van der Waals surface area (Å²) in [6.07, 6.45) is 2.92. The third-order valence-electron chi connectivity index (χ3n) is 1.67. The summed E-state index contributed by atoms with van der Waals surface area (Å²) in [4.78, 5) is 10.4. The molecule has 1 unspecified atom stereocenters. The molecule has 64 valence electrons. The summed E-state index contributed by atoms with van der Waals surface area (Å²) < 4.78 is 5.14. The Hall–Kier alpha value is -1.34. The molecule has 0 bridgehead atoms. The number of carboxylic acids is 1. The molecule has 0 amide bonds. The molecule has 0 spiro atoms. The molecule has 0 aliphatic carbocycles. The minimum atomic E-state index is -1.19. The largest absolute Gasteiger partial charge is 0.477 e. The average Bonchev–Trinajstić information content (AvgIpc) is 2.51. The summed E-state index contributed by atoms with van der Waals surface area (Å²) in [6, 6.07) is 1.61. The van der Waals surface area contributed by atoms with Crippen LogP contribution in [-0.2, 0) is 9.53 Å². The minimum Gasteiger partial charge on any atom is -0.477 e. The number of carboxylic acid groups (broad SMARTS) is 1. The molecule has 1 aliphatic heterocycles. The molecule has 1 aliphatic rings. The summed E-state index contributed by atoms with van der Waals surface area (Å²) >= 11 is 0. The van der Waals surface area contributed by atoms with Crippen molar-refractivity contribution in [3.05, 3.63) is 11.6 Å². The molecule has 1 heterocycles. The fourth-order valence-corrected chi connectivity index (χ4v) is 1.08. The topological polar surface area (TPSA) is 70.3 Å². The van der Waals surface area contributed by atoms with Crippen molar-refractivity contribution in [1.82, 2.24) is 0 Å². The number of nitriles is 1. The van der Waals surface area contributed by atoms with Crippen molar-refractivity contribution in [3.63, 3.8) is 0 Å². The first-order chi connectivity index (χ1) is 5.74. The van der Waals surface area contributed by atoms with E-state index < -0.39 is 5.97 Å². The van der Waals surface area contributed by atoms with Crippen LogP contribution in [0.2, 0.25) is 0 Å². The highest BCUT2D eigenvalue weighted by Gasteiger charge is 2.16. The van der Waals surface area contributed by atoms with Gasteiger partial charge in [0.2, 0.25) is 0 Å². The molecule has 4 nitrogen and oxygen atoms in total. The summed E-state index contributed by atoms with van der Waals surface area (Å²) in [7, 11) is 0. The van der Waals surface area contributed by atoms with Crippen LogP contribution in [0.15, 0.2) is 11.6 Å². The van der Waals surface area contributed by atoms with E-state index in [0.29, 0.717) is 6.61 Å². The van der Waals surface area contributed by atoms with Gasteiger partial charge in [-0.3, -0.25) is 0 Å². The van der Waals surface area contributed by atoms with Crippen LogP contribution in [0.5, 0.6) is 0 Å². The Balaban J connectivity index is 2.64. The highest BCUT2D eigenvalue weighted by atomic mass is 16.5. The second kappa shape index (κ2) is 3.88. The normalized spacial score (nSPS) is 23.6. The van der Waals surface area contributed by atoms with E-state index in [1.54, 1.807) is 6.07 Å². The monoisotopic (exact) mass is 167 g/mol. The third kappa shape index (κ3) is 2.07. The van der Waals surface area contributed by atoms with E-state index in [4.69, 9.17) is 15.1 Å². The van der Waals surface area contributed by atoms with Gasteiger partial charge in [-0.25, -0.2) is 4.79 Å². The second-order valence-corrected chi connectivity index (χ2v) is 2.55. The molecule has 0 aromatic rings. The number of carbonyl (C=O) groups is 1. The molecular formula is C8H9NO3. The van der Waals surface area contributed by atoms with Crippen LogP contribution in [-0.4, -0.2) is 23.8 Å². The molecule has 0 aromatic carbocycles. The lowest BCUT2D eigenvalue weighted by Gasteiger charge is -2.01. The van der Waals surface area contributed by atoms with E-state index in [1.165, 1.54) is 6.08 Å². The van der Waals surface area contributed by atoms with E-state index >= 15 is 0 Å². The van der Waals surface area contributed by atoms with Crippen molar-refractivity contribution in [3.8, 4) is 6.07 Å². The Labute approximate surface area is 70.1 Å². The summed E-state index contributed by atoms with van der Waals surface area (Å²) in [5.74, 6) is -1.19. The van der Waals surface area contributed by atoms with Crippen LogP contribution in [0, 0.1) is 11.3 Å². The van der Waals surface area contributed by atoms with Crippen molar-refractivity contribution in [2.24, 2.45) is 0 Å². The van der Waals surface area contributed by atoms with E-state index in [1.807, 2.05) is 0 Å². The Morgan fingerprint density at radius 2 is 2.50 bits per heavy atom. The van der Waals surface area contributed by atoms with Crippen molar-refractivity contribution in [2.75, 3.05) is 6.61 Å². The van der Waals surface area contributed by atoms with Crippen LogP contribution in [0.4, 0.5) is 0 Å². The maximum Gasteiger partial charge on any atom is 0.346 e. The Bertz CT molecular complexity index is 246. The first-order valence-electron chi connectivity index (χ1n) is 3.71. The molecule has 1 fully saturated rings. The number of ether oxygens (including phenoxy) is 1. The lowest BCUT2D eigenvalue weighted by atomic mass is 10.1. The molecule has 4 heteroatoms. The van der Waals surface area contributed by atoms with Crippen molar-refractivity contribution < 1.29 is 14.6 Å². The lowest BCUT2D eigenvalue weighted by molar-refractivity contribution is -0.132. The molecule has 12 heavy (non-hydrogen) atoms. The van der Waals surface area contributed by atoms with Crippen molar-refractivity contribution >= 4 is 5.97 Å². The Morgan fingerprint density at radius 1 is 1.75 bits per heavy atom. The van der Waals surface area contributed by atoms with E-state index in [2.05, 4.69) is 0 Å². The zero-order valence-electron chi connectivity index (χ0n) is 6.49. The fourth-order valence-electron chi connectivity index (χ4n) is 1.08. The minimum absolute atomic E-state index is 0.184. The molecule has 0 saturated carbocycles. The van der Waals surface area contributed by atoms with Crippen LogP contribution in [0.25, 0.3) is 0 Å². The van der Waals surface area contributed by atoms with Gasteiger partial charge in [0.15, 0.2) is 0 Å². The summed E-state index contributed by atoms with van der Waals surface area (Å²) in [5.41, 5.74) is -0.234. The molecule has 1 atom stereocenters. The van der Waals surface area contributed by atoms with Gasteiger partial charge < -0.3 is 9.84 Å². The van der Waals surface area contributed by atoms with Crippen molar-refractivity contribution in [2.45, 2.75) is 18.9 Å². The zero-order chi connectivity index (χ0) is 8.97. The van der Waals surface area contributed by atoms with Crippen LogP contribution in [0.3, 0.4) is 0 Å². The number of hydrogen-bond acceptors (Lipinski definition) is 3. The van der Waals surface area contributed by atoms with Gasteiger partial charge in [-0.05, 0) is 18.9 Å². The highest BCUT2D eigenvalue weighted by molar-refractivity contribution is 5.91. The number of rotatable bonds is 2. The molecule has 1 saturated heterocycles. The van der Waals surface area contributed by atoms with E-state index in [0.717, 1.165) is 12.8 Å². The number of nitrogens with zero attached hydrogens (tertiary/aromatic N) is 1. The average molecular weight is 167 g/mol. The Kier molecular flexibility index (Phi) is 2.83. The van der Waals surface area contributed by atoms with Crippen LogP contribution in [0.1, 0.15) is 12.8 Å². The van der Waals surface area contributed by atoms with Gasteiger partial charge in [0.05, 0.1) is 6.10 Å². The van der Waals surface area contributed by atoms with E-state index in [9.17, 15) is 4.79 Å². The predicted molar refractivity (Wildman–Crippen MR) is 40.3 cm³/mol. The molecule has 1 rings (SSSR count). The van der Waals surface area contributed by atoms with Gasteiger partial charge in [0.25, 0.3) is 0 Å². The molecular weight excluding hydrogens is 158 g/mol. The second-order valence-electron chi connectivity index (χ2n) is 2.55. The van der Waals surface area contributed by atoms with Gasteiger partial charge in [-0.15, -0.1) is 0 Å². The van der Waals surface area contributed by atoms with Gasteiger partial charge in [0, 0.05) is 6.61 Å². The smallest absolute Gasteiger partial charge is 0.346 e. The SMILES string of the molecule is N#C/C(=C/C1CCCO1)C(=O)O. The maximum absolute atomic E-state index is 10.4. The van der Waals surface area contributed by atoms with Crippen LogP contribution < -0.4 is 0 Å². The summed E-state index contributed by atoms with van der Waals surface area (Å²) in [6.45, 7) is 0.652. The predicted octanol–water partition coefficient (Wildman–Crippen LogP) is 0.700.